The van der Waals surface area contributed by atoms with E-state index in [1.54, 1.807) is 36.6 Å². The standard InChI is InChI=1S/C56H66N12O11S2/c1-11-38-49(78-34(8)62-38)32(6)61-55-64-41-23-36(51(57)71)25-43(77-22-16-21-76-33(7)30(4)60-31(5)40(17-15-20-69)59-29(3)28-68-46(70)27-44(80)54(68)74)47(41)66(55)18-13-14-19-67-48-42(75-10)24-37(52(58)72)26-45(48)81-56(67)65-53(73)50-39(12-2)63-35(9)79-50/h13-14,20,23-26,30,40,44,59-60,80H,3,5-7,11-12,15-19,21-22,27-28H2,1-2,4,8-10H3,(H2,57,71)(H2,58,72)(H,61,64)/b14-13+,65-56-/t30-,40?,44?/m0/s1. The largest absolute Gasteiger partial charge is 0.496 e. The Labute approximate surface area is 476 Å². The minimum Gasteiger partial charge on any atom is -0.496 e. The third-order valence-electron chi connectivity index (χ3n) is 12.9. The number of nitrogens with one attached hydrogen (secondary N) is 3. The number of amides is 5. The Kier molecular flexibility index (Phi) is 19.6. The van der Waals surface area contributed by atoms with Gasteiger partial charge in [-0.25, -0.2) is 15.0 Å². The van der Waals surface area contributed by atoms with E-state index in [1.165, 1.54) is 13.2 Å². The molecule has 5 amide bonds. The normalized spacial score (nSPS) is 14.4. The SMILES string of the molecule is C=C(CN1C(=O)CC(S)C1=O)NC(CCC=O)C(=C)N[C@@H](C)C(=C)OCCCOc1cc(C(N)=O)cc2nc(NC(=C)c3oc(C)nc3CC)n(C/C=C/Cn3/c(=N/C(=O)c4oc(C)nc4CC)sc4cc(C(N)=O)cc(OC)c43)c12. The van der Waals surface area contributed by atoms with E-state index in [9.17, 15) is 28.8 Å². The molecule has 5 heterocycles. The molecule has 428 valence electrons. The molecule has 4 aromatic heterocycles. The summed E-state index contributed by atoms with van der Waals surface area (Å²) >= 11 is 5.35. The topological polar surface area (TPSA) is 309 Å². The van der Waals surface area contributed by atoms with Crippen LogP contribution in [0.2, 0.25) is 0 Å². The molecule has 7 rings (SSSR count). The van der Waals surface area contributed by atoms with Gasteiger partial charge in [0.1, 0.15) is 34.6 Å². The second kappa shape index (κ2) is 26.5. The molecular formula is C56H66N12O11S2. The second-order valence-corrected chi connectivity index (χ2v) is 20.5. The Morgan fingerprint density at radius 2 is 1.54 bits per heavy atom. The van der Waals surface area contributed by atoms with E-state index in [1.807, 2.05) is 37.5 Å². The number of thiazole rings is 1. The van der Waals surface area contributed by atoms with Crippen LogP contribution in [-0.4, -0.2) is 109 Å². The van der Waals surface area contributed by atoms with Gasteiger partial charge >= 0.3 is 5.91 Å². The summed E-state index contributed by atoms with van der Waals surface area (Å²) in [6, 6.07) is 5.32. The van der Waals surface area contributed by atoms with Crippen molar-refractivity contribution in [2.24, 2.45) is 16.5 Å². The highest BCUT2D eigenvalue weighted by atomic mass is 32.1. The molecule has 1 fully saturated rings. The van der Waals surface area contributed by atoms with Gasteiger partial charge < -0.3 is 64.4 Å². The lowest BCUT2D eigenvalue weighted by molar-refractivity contribution is -0.137. The number of nitrogens with two attached hydrogens (primary N) is 2. The molecule has 23 nitrogen and oxygen atoms in total. The fourth-order valence-corrected chi connectivity index (χ4v) is 10.3. The third kappa shape index (κ3) is 14.0. The number of imide groups is 1. The van der Waals surface area contributed by atoms with E-state index in [0.717, 1.165) is 22.5 Å². The highest BCUT2D eigenvalue weighted by molar-refractivity contribution is 7.81. The van der Waals surface area contributed by atoms with Crippen LogP contribution in [0.25, 0.3) is 26.9 Å². The smallest absolute Gasteiger partial charge is 0.317 e. The molecule has 0 aliphatic carbocycles. The van der Waals surface area contributed by atoms with Crippen LogP contribution in [0, 0.1) is 13.8 Å². The van der Waals surface area contributed by atoms with Crippen molar-refractivity contribution in [1.82, 2.24) is 39.6 Å². The number of rotatable bonds is 30. The van der Waals surface area contributed by atoms with Crippen LogP contribution in [0.15, 0.2) is 93.7 Å². The number of allylic oxidation sites excluding steroid dienone is 2. The van der Waals surface area contributed by atoms with Crippen molar-refractivity contribution in [3.63, 3.8) is 0 Å². The second-order valence-electron chi connectivity index (χ2n) is 18.8. The van der Waals surface area contributed by atoms with Crippen LogP contribution in [0.4, 0.5) is 5.95 Å². The van der Waals surface area contributed by atoms with Crippen LogP contribution < -0.4 is 41.7 Å². The number of hydrogen-bond acceptors (Lipinski definition) is 19. The van der Waals surface area contributed by atoms with Gasteiger partial charge in [0.25, 0.3) is 0 Å². The Balaban J connectivity index is 1.12. The van der Waals surface area contributed by atoms with Gasteiger partial charge in [0.15, 0.2) is 22.3 Å². The lowest BCUT2D eigenvalue weighted by atomic mass is 10.1. The number of primary amides is 2. The van der Waals surface area contributed by atoms with Gasteiger partial charge in [-0.1, -0.05) is 63.7 Å². The molecule has 0 spiro atoms. The maximum atomic E-state index is 13.7. The van der Waals surface area contributed by atoms with Crippen molar-refractivity contribution in [1.29, 1.82) is 0 Å². The minimum atomic E-state index is -0.707. The van der Waals surface area contributed by atoms with Crippen molar-refractivity contribution in [3.05, 3.63) is 131 Å². The summed E-state index contributed by atoms with van der Waals surface area (Å²) in [5.74, 6) is -0.173. The van der Waals surface area contributed by atoms with Gasteiger partial charge in [0.2, 0.25) is 35.3 Å². The summed E-state index contributed by atoms with van der Waals surface area (Å²) < 4.78 is 34.1. The van der Waals surface area contributed by atoms with Gasteiger partial charge in [-0.05, 0) is 50.5 Å². The van der Waals surface area contributed by atoms with E-state index in [4.69, 9.17) is 39.5 Å². The van der Waals surface area contributed by atoms with Crippen LogP contribution in [0.5, 0.6) is 11.5 Å². The average molecular weight is 1150 g/mol. The summed E-state index contributed by atoms with van der Waals surface area (Å²) in [5.41, 5.74) is 15.8. The fraction of sp³-hybridized carbons (Fsp3) is 0.357. The number of anilines is 1. The molecule has 0 saturated carbocycles. The van der Waals surface area contributed by atoms with Gasteiger partial charge in [0.05, 0.1) is 71.5 Å². The quantitative estimate of drug-likeness (QED) is 0.00714. The van der Waals surface area contributed by atoms with Crippen molar-refractivity contribution in [2.45, 2.75) is 104 Å². The maximum absolute atomic E-state index is 13.7. The Morgan fingerprint density at radius 1 is 0.901 bits per heavy atom. The first-order valence-electron chi connectivity index (χ1n) is 25.9. The predicted octanol–water partition coefficient (Wildman–Crippen LogP) is 6.36. The number of oxazole rings is 2. The molecule has 1 aliphatic rings. The number of hydrogen-bond donors (Lipinski definition) is 6. The fourth-order valence-electron chi connectivity index (χ4n) is 8.90. The van der Waals surface area contributed by atoms with Crippen LogP contribution >= 0.6 is 24.0 Å². The molecule has 0 bridgehead atoms. The van der Waals surface area contributed by atoms with E-state index >= 15 is 0 Å². The number of fused-ring (bicyclic) bond motifs is 2. The summed E-state index contributed by atoms with van der Waals surface area (Å²) in [7, 11) is 1.47. The Hall–Kier alpha value is -8.71. The summed E-state index contributed by atoms with van der Waals surface area (Å²) in [6.07, 6.45) is 6.46. The lowest BCUT2D eigenvalue weighted by Gasteiger charge is -2.28. The number of likely N-dealkylation sites (tertiary alicyclic amines) is 1. The van der Waals surface area contributed by atoms with Crippen molar-refractivity contribution < 1.29 is 51.8 Å². The monoisotopic (exact) mass is 1150 g/mol. The van der Waals surface area contributed by atoms with Crippen molar-refractivity contribution in [2.75, 3.05) is 32.2 Å². The summed E-state index contributed by atoms with van der Waals surface area (Å²) in [5, 5.41) is 9.07. The Morgan fingerprint density at radius 3 is 2.17 bits per heavy atom. The summed E-state index contributed by atoms with van der Waals surface area (Å²) in [4.78, 5) is 94.7. The number of carbonyl (C=O) groups excluding carboxylic acids is 6. The van der Waals surface area contributed by atoms with E-state index in [-0.39, 0.29) is 79.0 Å². The van der Waals surface area contributed by atoms with Crippen molar-refractivity contribution >= 4 is 92.7 Å². The molecule has 1 saturated heterocycles. The first kappa shape index (κ1) is 59.9. The number of methoxy groups -OCH3 is 1. The number of aryl methyl sites for hydroxylation is 4. The average Bonchev–Trinajstić information content (AvgIpc) is 4.27. The van der Waals surface area contributed by atoms with Gasteiger partial charge in [-0.2, -0.15) is 17.6 Å². The number of benzene rings is 2. The number of ether oxygens (including phenoxy) is 3. The number of imidazole rings is 1. The zero-order chi connectivity index (χ0) is 58.8. The molecule has 2 aromatic carbocycles. The molecule has 25 heteroatoms. The predicted molar refractivity (Wildman–Crippen MR) is 308 cm³/mol. The molecule has 0 radical (unpaired) electrons. The van der Waals surface area contributed by atoms with Crippen LogP contribution in [0.1, 0.15) is 107 Å². The van der Waals surface area contributed by atoms with Crippen molar-refractivity contribution in [3.8, 4) is 11.5 Å². The van der Waals surface area contributed by atoms with Crippen LogP contribution in [-0.2, 0) is 45.1 Å². The summed E-state index contributed by atoms with van der Waals surface area (Å²) in [6.45, 7) is 26.1. The van der Waals surface area contributed by atoms with E-state index < -0.39 is 41.0 Å². The first-order valence-corrected chi connectivity index (χ1v) is 27.3. The number of nitrogens with zero attached hydrogens (tertiary/aromatic N) is 7. The number of thiol groups is 1. The Bertz CT molecular complexity index is 3580. The first-order chi connectivity index (χ1) is 38.7. The number of aromatic nitrogens is 5. The molecule has 81 heavy (non-hydrogen) atoms. The molecular weight excluding hydrogens is 1080 g/mol. The van der Waals surface area contributed by atoms with Gasteiger partial charge in [-0.3, -0.25) is 28.9 Å². The highest BCUT2D eigenvalue weighted by Crippen LogP contribution is 2.34. The zero-order valence-corrected chi connectivity index (χ0v) is 47.7. The molecule has 2 unspecified atom stereocenters. The number of aldehydes is 1. The minimum absolute atomic E-state index is 0.0108. The zero-order valence-electron chi connectivity index (χ0n) is 46.0. The van der Waals surface area contributed by atoms with Gasteiger partial charge in [0, 0.05) is 68.7 Å². The maximum Gasteiger partial charge on any atom is 0.317 e. The molecule has 3 atom stereocenters. The third-order valence-corrected chi connectivity index (χ3v) is 14.4. The van der Waals surface area contributed by atoms with E-state index in [0.29, 0.717) is 110 Å². The number of carbonyl (C=O) groups is 6. The van der Waals surface area contributed by atoms with Gasteiger partial charge in [-0.15, -0.1) is 0 Å². The van der Waals surface area contributed by atoms with Crippen LogP contribution in [0.3, 0.4) is 0 Å². The van der Waals surface area contributed by atoms with E-state index in [2.05, 4.69) is 69.9 Å². The molecule has 1 aliphatic heterocycles. The lowest BCUT2D eigenvalue weighted by Crippen LogP contribution is -2.42. The molecule has 7 N–H and O–H groups in total. The highest BCUT2D eigenvalue weighted by Gasteiger charge is 2.37. The molecule has 6 aromatic rings.